The van der Waals surface area contributed by atoms with Crippen molar-refractivity contribution in [2.75, 3.05) is 20.3 Å². The molecule has 0 amide bonds. The Hall–Kier alpha value is -1.99. The van der Waals surface area contributed by atoms with Crippen molar-refractivity contribution in [2.24, 2.45) is 0 Å². The van der Waals surface area contributed by atoms with Gasteiger partial charge >= 0.3 is 5.97 Å². The third kappa shape index (κ3) is 4.35. The van der Waals surface area contributed by atoms with E-state index < -0.39 is 18.5 Å². The largest absolute Gasteiger partial charge is 0.463 e. The van der Waals surface area contributed by atoms with Crippen molar-refractivity contribution in [3.63, 3.8) is 0 Å². The highest BCUT2D eigenvalue weighted by molar-refractivity contribution is 5.82. The summed E-state index contributed by atoms with van der Waals surface area (Å²) in [4.78, 5) is 11.6. The second-order valence-corrected chi connectivity index (χ2v) is 5.66. The minimum atomic E-state index is -0.511. The summed E-state index contributed by atoms with van der Waals surface area (Å²) in [5.41, 5.74) is 1.74. The van der Waals surface area contributed by atoms with Crippen LogP contribution in [0.25, 0.3) is 0 Å². The van der Waals surface area contributed by atoms with Gasteiger partial charge in [0.1, 0.15) is 12.2 Å². The third-order valence-corrected chi connectivity index (χ3v) is 3.99. The van der Waals surface area contributed by atoms with Gasteiger partial charge in [0, 0.05) is 18.7 Å². The van der Waals surface area contributed by atoms with Crippen molar-refractivity contribution in [1.82, 2.24) is 0 Å². The average Bonchev–Trinajstić information content (AvgIpc) is 2.66. The minimum absolute atomic E-state index is 0.309. The molecule has 1 fully saturated rings. The Morgan fingerprint density at radius 1 is 1.28 bits per heavy atom. The van der Waals surface area contributed by atoms with Crippen LogP contribution in [-0.2, 0) is 28.5 Å². The predicted molar refractivity (Wildman–Crippen MR) is 89.5 cm³/mol. The van der Waals surface area contributed by atoms with E-state index in [4.69, 9.17) is 23.7 Å². The number of carbonyl (C=O) groups excluding carboxylic acids is 1. The first kappa shape index (κ1) is 17.8. The molecular weight excluding hydrogens is 324 g/mol. The van der Waals surface area contributed by atoms with E-state index >= 15 is 0 Å². The van der Waals surface area contributed by atoms with Crippen LogP contribution in [0.4, 0.5) is 0 Å². The first-order valence-corrected chi connectivity index (χ1v) is 8.28. The maximum absolute atomic E-state index is 11.6. The maximum Gasteiger partial charge on any atom is 0.330 e. The molecule has 134 valence electrons. The molecule has 25 heavy (non-hydrogen) atoms. The second kappa shape index (κ2) is 8.40. The van der Waals surface area contributed by atoms with Gasteiger partial charge in [0.25, 0.3) is 0 Å². The molecule has 0 saturated carbocycles. The summed E-state index contributed by atoms with van der Waals surface area (Å²) in [6, 6.07) is 9.71. The molecule has 1 saturated heterocycles. The Balaban J connectivity index is 1.79. The fraction of sp³-hybridized carbons (Fsp3) is 0.421. The second-order valence-electron chi connectivity index (χ2n) is 5.66. The van der Waals surface area contributed by atoms with Gasteiger partial charge in [0.15, 0.2) is 12.6 Å². The molecule has 4 atom stereocenters. The van der Waals surface area contributed by atoms with Gasteiger partial charge < -0.3 is 23.7 Å². The standard InChI is InChI=1S/C19H22O6/c1-3-22-16(20)10-9-14-11-17(21-2)24-15-12-23-19(25-18(14)15)13-7-5-4-6-8-13/h4-11,15,17-19H,3,12H2,1-2H3/b10-9+/t15-,17+,18+,19?/m1/s1. The van der Waals surface area contributed by atoms with E-state index in [1.54, 1.807) is 26.2 Å². The van der Waals surface area contributed by atoms with E-state index in [-0.39, 0.29) is 12.2 Å². The van der Waals surface area contributed by atoms with Crippen LogP contribution < -0.4 is 0 Å². The van der Waals surface area contributed by atoms with Gasteiger partial charge in [0.2, 0.25) is 0 Å². The Kier molecular flexibility index (Phi) is 5.99. The van der Waals surface area contributed by atoms with Crippen molar-refractivity contribution < 1.29 is 28.5 Å². The molecule has 0 radical (unpaired) electrons. The van der Waals surface area contributed by atoms with Gasteiger partial charge in [-0.2, -0.15) is 0 Å². The van der Waals surface area contributed by atoms with Gasteiger partial charge in [-0.3, -0.25) is 0 Å². The normalized spacial score (nSPS) is 29.1. The molecule has 2 heterocycles. The van der Waals surface area contributed by atoms with Gasteiger partial charge in [-0.25, -0.2) is 4.79 Å². The predicted octanol–water partition coefficient (Wildman–Crippen LogP) is 2.52. The molecule has 1 unspecified atom stereocenters. The first-order valence-electron chi connectivity index (χ1n) is 8.28. The van der Waals surface area contributed by atoms with E-state index in [2.05, 4.69) is 0 Å². The Labute approximate surface area is 147 Å². The van der Waals surface area contributed by atoms with Crippen LogP contribution in [0.15, 0.2) is 54.1 Å². The van der Waals surface area contributed by atoms with Crippen molar-refractivity contribution in [2.45, 2.75) is 31.7 Å². The SMILES string of the molecule is CCOC(=O)/C=C/C1=C[C@@H](OC)O[C@@H]2COC(c3ccccc3)O[C@@H]12. The summed E-state index contributed by atoms with van der Waals surface area (Å²) in [5, 5.41) is 0. The lowest BCUT2D eigenvalue weighted by atomic mass is 9.99. The number of fused-ring (bicyclic) bond motifs is 1. The van der Waals surface area contributed by atoms with E-state index in [0.29, 0.717) is 13.2 Å². The molecule has 0 spiro atoms. The van der Waals surface area contributed by atoms with Crippen LogP contribution in [0.2, 0.25) is 0 Å². The van der Waals surface area contributed by atoms with Crippen LogP contribution in [0, 0.1) is 0 Å². The zero-order chi connectivity index (χ0) is 17.6. The van der Waals surface area contributed by atoms with Crippen LogP contribution in [0.5, 0.6) is 0 Å². The van der Waals surface area contributed by atoms with Gasteiger partial charge in [0.05, 0.1) is 13.2 Å². The Morgan fingerprint density at radius 3 is 2.80 bits per heavy atom. The van der Waals surface area contributed by atoms with Crippen LogP contribution >= 0.6 is 0 Å². The summed E-state index contributed by atoms with van der Waals surface area (Å²) in [5.74, 6) is -0.396. The highest BCUT2D eigenvalue weighted by atomic mass is 16.7. The van der Waals surface area contributed by atoms with Gasteiger partial charge in [-0.05, 0) is 24.6 Å². The molecule has 1 aromatic carbocycles. The van der Waals surface area contributed by atoms with Crippen molar-refractivity contribution in [1.29, 1.82) is 0 Å². The van der Waals surface area contributed by atoms with E-state index in [1.165, 1.54) is 6.08 Å². The average molecular weight is 346 g/mol. The van der Waals surface area contributed by atoms with Crippen LogP contribution in [0.3, 0.4) is 0 Å². The summed E-state index contributed by atoms with van der Waals surface area (Å²) in [6.45, 7) is 2.47. The Bertz CT molecular complexity index is 639. The van der Waals surface area contributed by atoms with Crippen molar-refractivity contribution in [3.05, 3.63) is 59.7 Å². The number of hydrogen-bond donors (Lipinski definition) is 0. The highest BCUT2D eigenvalue weighted by Gasteiger charge is 2.39. The number of ether oxygens (including phenoxy) is 5. The summed E-state index contributed by atoms with van der Waals surface area (Å²) in [6.07, 6.45) is 3.23. The monoisotopic (exact) mass is 346 g/mol. The van der Waals surface area contributed by atoms with E-state index in [9.17, 15) is 4.79 Å². The smallest absolute Gasteiger partial charge is 0.330 e. The van der Waals surface area contributed by atoms with Crippen LogP contribution in [0.1, 0.15) is 18.8 Å². The molecule has 6 nitrogen and oxygen atoms in total. The lowest BCUT2D eigenvalue weighted by Crippen LogP contribution is -2.47. The number of esters is 1. The highest BCUT2D eigenvalue weighted by Crippen LogP contribution is 2.34. The molecule has 2 aliphatic heterocycles. The third-order valence-electron chi connectivity index (χ3n) is 3.99. The molecule has 0 bridgehead atoms. The topological polar surface area (TPSA) is 63.2 Å². The van der Waals surface area contributed by atoms with Crippen molar-refractivity contribution >= 4 is 5.97 Å². The number of methoxy groups -OCH3 is 1. The molecule has 2 aliphatic rings. The zero-order valence-corrected chi connectivity index (χ0v) is 14.3. The molecular formula is C19H22O6. The molecule has 3 rings (SSSR count). The summed E-state index contributed by atoms with van der Waals surface area (Å²) in [7, 11) is 1.56. The van der Waals surface area contributed by atoms with E-state index in [0.717, 1.165) is 11.1 Å². The summed E-state index contributed by atoms with van der Waals surface area (Å²) >= 11 is 0. The molecule has 0 aliphatic carbocycles. The molecule has 0 N–H and O–H groups in total. The molecule has 6 heteroatoms. The number of carbonyl (C=O) groups is 1. The quantitative estimate of drug-likeness (QED) is 0.603. The van der Waals surface area contributed by atoms with E-state index in [1.807, 2.05) is 30.3 Å². The fourth-order valence-electron chi connectivity index (χ4n) is 2.81. The maximum atomic E-state index is 11.6. The number of hydrogen-bond acceptors (Lipinski definition) is 6. The minimum Gasteiger partial charge on any atom is -0.463 e. The first-order chi connectivity index (χ1) is 12.2. The fourth-order valence-corrected chi connectivity index (χ4v) is 2.81. The number of rotatable bonds is 5. The van der Waals surface area contributed by atoms with Gasteiger partial charge in [-0.15, -0.1) is 0 Å². The molecule has 0 aromatic heterocycles. The summed E-state index contributed by atoms with van der Waals surface area (Å²) < 4.78 is 27.9. The zero-order valence-electron chi connectivity index (χ0n) is 14.3. The molecule has 1 aromatic rings. The van der Waals surface area contributed by atoms with Crippen LogP contribution in [-0.4, -0.2) is 44.8 Å². The number of benzene rings is 1. The lowest BCUT2D eigenvalue weighted by molar-refractivity contribution is -0.283. The van der Waals surface area contributed by atoms with Gasteiger partial charge in [-0.1, -0.05) is 30.3 Å². The van der Waals surface area contributed by atoms with Crippen molar-refractivity contribution in [3.8, 4) is 0 Å². The lowest BCUT2D eigenvalue weighted by Gasteiger charge is -2.41. The Morgan fingerprint density at radius 2 is 2.08 bits per heavy atom.